The van der Waals surface area contributed by atoms with Gasteiger partial charge in [0.05, 0.1) is 11.3 Å². The van der Waals surface area contributed by atoms with Crippen molar-refractivity contribution in [3.63, 3.8) is 0 Å². The molecule has 2 heterocycles. The number of hydrogen-bond acceptors (Lipinski definition) is 3. The predicted molar refractivity (Wildman–Crippen MR) is 65.1 cm³/mol. The minimum absolute atomic E-state index is 0.728. The molecule has 16 heavy (non-hydrogen) atoms. The first-order chi connectivity index (χ1) is 7.72. The number of carbonyl (C=O) groups is 1. The second-order valence-corrected chi connectivity index (χ2v) is 4.79. The van der Waals surface area contributed by atoms with Gasteiger partial charge in [-0.05, 0) is 25.3 Å². The van der Waals surface area contributed by atoms with Gasteiger partial charge < -0.3 is 0 Å². The standard InChI is InChI=1S/C12H14N2OS/c1-9-12(8-15)10(2)14(13-9)6-5-11-4-3-7-16-11/h3-4,7-8H,5-6H2,1-2H3. The Bertz CT molecular complexity index is 485. The van der Waals surface area contributed by atoms with Crippen molar-refractivity contribution in [1.29, 1.82) is 0 Å². The van der Waals surface area contributed by atoms with E-state index in [0.29, 0.717) is 0 Å². The molecule has 0 saturated heterocycles. The van der Waals surface area contributed by atoms with E-state index in [4.69, 9.17) is 0 Å². The van der Waals surface area contributed by atoms with Crippen LogP contribution in [0, 0.1) is 13.8 Å². The Kier molecular flexibility index (Phi) is 3.19. The SMILES string of the molecule is Cc1nn(CCc2cccs2)c(C)c1C=O. The van der Waals surface area contributed by atoms with E-state index in [-0.39, 0.29) is 0 Å². The van der Waals surface area contributed by atoms with Crippen molar-refractivity contribution in [1.82, 2.24) is 9.78 Å². The lowest BCUT2D eigenvalue weighted by atomic mass is 10.2. The van der Waals surface area contributed by atoms with Crippen molar-refractivity contribution >= 4 is 17.6 Å². The molecule has 0 aromatic carbocycles. The lowest BCUT2D eigenvalue weighted by molar-refractivity contribution is 0.112. The van der Waals surface area contributed by atoms with Gasteiger partial charge in [0.25, 0.3) is 0 Å². The number of rotatable bonds is 4. The second-order valence-electron chi connectivity index (χ2n) is 3.75. The molecule has 0 aliphatic heterocycles. The largest absolute Gasteiger partial charge is 0.298 e. The van der Waals surface area contributed by atoms with Crippen molar-refractivity contribution in [2.24, 2.45) is 0 Å². The maximum absolute atomic E-state index is 10.8. The highest BCUT2D eigenvalue weighted by atomic mass is 32.1. The van der Waals surface area contributed by atoms with Crippen molar-refractivity contribution in [3.05, 3.63) is 39.3 Å². The summed E-state index contributed by atoms with van der Waals surface area (Å²) in [5.74, 6) is 0. The van der Waals surface area contributed by atoms with Gasteiger partial charge in [-0.25, -0.2) is 0 Å². The van der Waals surface area contributed by atoms with Gasteiger partial charge in [-0.1, -0.05) is 6.07 Å². The summed E-state index contributed by atoms with van der Waals surface area (Å²) < 4.78 is 1.92. The lowest BCUT2D eigenvalue weighted by Gasteiger charge is -2.02. The Hall–Kier alpha value is -1.42. The first-order valence-corrected chi connectivity index (χ1v) is 6.12. The molecule has 3 nitrogen and oxygen atoms in total. The highest BCUT2D eigenvalue weighted by Gasteiger charge is 2.10. The van der Waals surface area contributed by atoms with Crippen LogP contribution in [0.5, 0.6) is 0 Å². The van der Waals surface area contributed by atoms with Gasteiger partial charge in [0.15, 0.2) is 6.29 Å². The first-order valence-electron chi connectivity index (χ1n) is 5.24. The first kappa shape index (κ1) is 11.1. The van der Waals surface area contributed by atoms with Gasteiger partial charge >= 0.3 is 0 Å². The Morgan fingerprint density at radius 3 is 2.88 bits per heavy atom. The lowest BCUT2D eigenvalue weighted by Crippen LogP contribution is -2.04. The van der Waals surface area contributed by atoms with E-state index in [9.17, 15) is 4.79 Å². The van der Waals surface area contributed by atoms with E-state index < -0.39 is 0 Å². The van der Waals surface area contributed by atoms with E-state index >= 15 is 0 Å². The molecule has 0 atom stereocenters. The molecule has 0 amide bonds. The zero-order valence-electron chi connectivity index (χ0n) is 9.43. The van der Waals surface area contributed by atoms with Crippen molar-refractivity contribution < 1.29 is 4.79 Å². The van der Waals surface area contributed by atoms with Gasteiger partial charge in [0.1, 0.15) is 0 Å². The number of carbonyl (C=O) groups excluding carboxylic acids is 1. The monoisotopic (exact) mass is 234 g/mol. The summed E-state index contributed by atoms with van der Waals surface area (Å²) >= 11 is 1.75. The van der Waals surface area contributed by atoms with Crippen molar-refractivity contribution in [3.8, 4) is 0 Å². The third kappa shape index (κ3) is 2.07. The van der Waals surface area contributed by atoms with E-state index in [1.54, 1.807) is 11.3 Å². The Morgan fingerprint density at radius 1 is 1.50 bits per heavy atom. The Morgan fingerprint density at radius 2 is 2.31 bits per heavy atom. The fourth-order valence-electron chi connectivity index (χ4n) is 1.77. The minimum atomic E-state index is 0.728. The normalized spacial score (nSPS) is 10.6. The van der Waals surface area contributed by atoms with Crippen LogP contribution in [0.2, 0.25) is 0 Å². The predicted octanol–water partition coefficient (Wildman–Crippen LogP) is 2.62. The van der Waals surface area contributed by atoms with Crippen LogP contribution in [-0.2, 0) is 13.0 Å². The molecule has 2 aromatic rings. The molecule has 0 fully saturated rings. The fourth-order valence-corrected chi connectivity index (χ4v) is 2.47. The van der Waals surface area contributed by atoms with Gasteiger partial charge in [-0.2, -0.15) is 5.10 Å². The van der Waals surface area contributed by atoms with Crippen molar-refractivity contribution in [2.75, 3.05) is 0 Å². The molecule has 0 unspecified atom stereocenters. The van der Waals surface area contributed by atoms with Crippen molar-refractivity contribution in [2.45, 2.75) is 26.8 Å². The molecular weight excluding hydrogens is 220 g/mol. The van der Waals surface area contributed by atoms with Crippen LogP contribution in [0.1, 0.15) is 26.6 Å². The molecule has 4 heteroatoms. The molecule has 0 bridgehead atoms. The summed E-state index contributed by atoms with van der Waals surface area (Å²) in [4.78, 5) is 12.2. The summed E-state index contributed by atoms with van der Waals surface area (Å²) in [6, 6.07) is 4.18. The smallest absolute Gasteiger partial charge is 0.153 e. The van der Waals surface area contributed by atoms with E-state index in [2.05, 4.69) is 22.6 Å². The Balaban J connectivity index is 2.13. The molecule has 0 aliphatic rings. The van der Waals surface area contributed by atoms with E-state index in [0.717, 1.165) is 36.2 Å². The van der Waals surface area contributed by atoms with E-state index in [1.807, 2.05) is 18.5 Å². The van der Waals surface area contributed by atoms with Crippen LogP contribution in [0.25, 0.3) is 0 Å². The molecule has 0 aliphatic carbocycles. The summed E-state index contributed by atoms with van der Waals surface area (Å²) in [7, 11) is 0. The highest BCUT2D eigenvalue weighted by Crippen LogP contribution is 2.13. The van der Waals surface area contributed by atoms with Crippen LogP contribution in [0.15, 0.2) is 17.5 Å². The topological polar surface area (TPSA) is 34.9 Å². The summed E-state index contributed by atoms with van der Waals surface area (Å²) in [6.07, 6.45) is 1.86. The molecule has 0 saturated carbocycles. The highest BCUT2D eigenvalue weighted by molar-refractivity contribution is 7.09. The quantitative estimate of drug-likeness (QED) is 0.762. The summed E-state index contributed by atoms with van der Waals surface area (Å²) in [5.41, 5.74) is 2.51. The maximum Gasteiger partial charge on any atom is 0.153 e. The summed E-state index contributed by atoms with van der Waals surface area (Å²) in [5, 5.41) is 6.45. The van der Waals surface area contributed by atoms with Gasteiger partial charge in [0.2, 0.25) is 0 Å². The average Bonchev–Trinajstić information content (AvgIpc) is 2.85. The molecule has 0 spiro atoms. The number of aromatic nitrogens is 2. The van der Waals surface area contributed by atoms with E-state index in [1.165, 1.54) is 4.88 Å². The van der Waals surface area contributed by atoms with Gasteiger partial charge in [0, 0.05) is 23.5 Å². The number of aryl methyl sites for hydroxylation is 3. The van der Waals surface area contributed by atoms with Crippen LogP contribution in [0.4, 0.5) is 0 Å². The maximum atomic E-state index is 10.8. The number of thiophene rings is 1. The Labute approximate surface area is 98.7 Å². The molecular formula is C12H14N2OS. The summed E-state index contributed by atoms with van der Waals surface area (Å²) in [6.45, 7) is 4.65. The van der Waals surface area contributed by atoms with Crippen LogP contribution in [0.3, 0.4) is 0 Å². The number of nitrogens with zero attached hydrogens (tertiary/aromatic N) is 2. The van der Waals surface area contributed by atoms with Gasteiger partial charge in [-0.15, -0.1) is 11.3 Å². The van der Waals surface area contributed by atoms with Crippen LogP contribution >= 0.6 is 11.3 Å². The molecule has 0 N–H and O–H groups in total. The van der Waals surface area contributed by atoms with Crippen LogP contribution in [-0.4, -0.2) is 16.1 Å². The molecule has 84 valence electrons. The number of hydrogen-bond donors (Lipinski definition) is 0. The average molecular weight is 234 g/mol. The van der Waals surface area contributed by atoms with Gasteiger partial charge in [-0.3, -0.25) is 9.48 Å². The third-order valence-electron chi connectivity index (χ3n) is 2.71. The molecule has 0 radical (unpaired) electrons. The van der Waals surface area contributed by atoms with Crippen LogP contribution < -0.4 is 0 Å². The molecule has 2 rings (SSSR count). The minimum Gasteiger partial charge on any atom is -0.298 e. The number of aldehydes is 1. The molecule has 2 aromatic heterocycles. The second kappa shape index (κ2) is 4.61. The zero-order valence-corrected chi connectivity index (χ0v) is 10.3. The third-order valence-corrected chi connectivity index (χ3v) is 3.64. The fraction of sp³-hybridized carbons (Fsp3) is 0.333. The zero-order chi connectivity index (χ0) is 11.5.